The molecule has 0 unspecified atom stereocenters. The zero-order valence-corrected chi connectivity index (χ0v) is 32.5. The van der Waals surface area contributed by atoms with Crippen LogP contribution in [-0.2, 0) is 6.18 Å². The number of rotatable bonds is 5. The van der Waals surface area contributed by atoms with Crippen molar-refractivity contribution in [3.05, 3.63) is 192 Å². The van der Waals surface area contributed by atoms with Crippen molar-refractivity contribution in [2.45, 2.75) is 20.0 Å². The Kier molecular flexibility index (Phi) is 8.45. The molecule has 2 heterocycles. The van der Waals surface area contributed by atoms with E-state index < -0.39 is 11.7 Å². The Morgan fingerprint density at radius 1 is 0.450 bits per heavy atom. The molecular weight excluding hydrogens is 750 g/mol. The van der Waals surface area contributed by atoms with Gasteiger partial charge in [0.1, 0.15) is 11.6 Å². The van der Waals surface area contributed by atoms with Gasteiger partial charge in [0.05, 0.1) is 50.6 Å². The molecular formula is C53H33F3N4. The summed E-state index contributed by atoms with van der Waals surface area (Å²) in [6, 6.07) is 56.5. The van der Waals surface area contributed by atoms with E-state index in [4.69, 9.17) is 0 Å². The second-order valence-corrected chi connectivity index (χ2v) is 15.3. The molecule has 0 atom stereocenters. The van der Waals surface area contributed by atoms with Gasteiger partial charge in [-0.25, -0.2) is 0 Å². The maximum atomic E-state index is 14.5. The van der Waals surface area contributed by atoms with Gasteiger partial charge in [-0.15, -0.1) is 0 Å². The van der Waals surface area contributed by atoms with Gasteiger partial charge in [0.2, 0.25) is 0 Å². The van der Waals surface area contributed by atoms with E-state index in [1.807, 2.05) is 90.4 Å². The molecule has 0 radical (unpaired) electrons. The largest absolute Gasteiger partial charge is 0.416 e. The number of halogens is 3. The average molecular weight is 783 g/mol. The summed E-state index contributed by atoms with van der Waals surface area (Å²) in [7, 11) is 0. The Balaban J connectivity index is 1.36. The number of aromatic nitrogens is 2. The molecule has 10 aromatic rings. The fourth-order valence-corrected chi connectivity index (χ4v) is 8.80. The van der Waals surface area contributed by atoms with E-state index in [0.29, 0.717) is 16.9 Å². The van der Waals surface area contributed by atoms with Crippen molar-refractivity contribution in [3.63, 3.8) is 0 Å². The van der Waals surface area contributed by atoms with Crippen LogP contribution in [0.3, 0.4) is 0 Å². The molecule has 0 saturated heterocycles. The van der Waals surface area contributed by atoms with E-state index in [-0.39, 0.29) is 16.7 Å². The van der Waals surface area contributed by atoms with E-state index in [1.54, 1.807) is 6.07 Å². The second kappa shape index (κ2) is 13.9. The first-order valence-electron chi connectivity index (χ1n) is 19.5. The van der Waals surface area contributed by atoms with Crippen molar-refractivity contribution in [1.82, 2.24) is 9.13 Å². The van der Waals surface area contributed by atoms with Gasteiger partial charge < -0.3 is 9.13 Å². The van der Waals surface area contributed by atoms with Gasteiger partial charge in [0.25, 0.3) is 0 Å². The van der Waals surface area contributed by atoms with Crippen molar-refractivity contribution in [2.75, 3.05) is 0 Å². The normalized spacial score (nSPS) is 11.7. The highest BCUT2D eigenvalue weighted by Gasteiger charge is 2.32. The summed E-state index contributed by atoms with van der Waals surface area (Å²) >= 11 is 0. The molecule has 0 fully saturated rings. The lowest BCUT2D eigenvalue weighted by molar-refractivity contribution is -0.137. The number of benzene rings is 8. The van der Waals surface area contributed by atoms with Gasteiger partial charge in [-0.1, -0.05) is 126 Å². The third kappa shape index (κ3) is 5.91. The molecule has 60 heavy (non-hydrogen) atoms. The van der Waals surface area contributed by atoms with Crippen LogP contribution < -0.4 is 0 Å². The summed E-state index contributed by atoms with van der Waals surface area (Å²) in [6.45, 7) is 4.10. The Bertz CT molecular complexity index is 3480. The predicted molar refractivity (Wildman–Crippen MR) is 235 cm³/mol. The highest BCUT2D eigenvalue weighted by Crippen LogP contribution is 2.44. The van der Waals surface area contributed by atoms with Crippen molar-refractivity contribution in [1.29, 1.82) is 10.5 Å². The minimum Gasteiger partial charge on any atom is -0.308 e. The standard InChI is InChI=1S/C53H33F3N4/c1-32-9-7-11-35(23-32)37-17-19-44-42-13-3-5-15-47(42)59(50(44)28-37)49-22-21-41(39-25-34(30-57)26-40(27-39)53(54,55)56)52(46(49)31-58)60-48-16-6-4-14-43(48)45-20-18-38(29-51(45)60)36-12-8-10-33(2)24-36/h3-29H,1-2H3. The van der Waals surface area contributed by atoms with Crippen molar-refractivity contribution >= 4 is 43.6 Å². The molecule has 8 aromatic carbocycles. The zero-order chi connectivity index (χ0) is 41.3. The SMILES string of the molecule is Cc1cccc(-c2ccc3c4ccccc4n(-c4ccc(-c5cc(C#N)cc(C(F)(F)F)c5)c(-n5c6ccccc6c6ccc(-c7cccc(C)c7)cc65)c4C#N)c3c2)c1. The van der Waals surface area contributed by atoms with E-state index in [1.165, 1.54) is 6.07 Å². The molecule has 0 spiro atoms. The molecule has 0 saturated carbocycles. The number of alkyl halides is 3. The van der Waals surface area contributed by atoms with Crippen LogP contribution in [-0.4, -0.2) is 9.13 Å². The summed E-state index contributed by atoms with van der Waals surface area (Å²) in [6.07, 6.45) is -4.71. The minimum absolute atomic E-state index is 0.136. The molecule has 286 valence electrons. The lowest BCUT2D eigenvalue weighted by atomic mass is 9.95. The highest BCUT2D eigenvalue weighted by molar-refractivity contribution is 6.12. The Morgan fingerprint density at radius 3 is 1.53 bits per heavy atom. The maximum Gasteiger partial charge on any atom is 0.416 e. The van der Waals surface area contributed by atoms with Crippen LogP contribution in [0.15, 0.2) is 164 Å². The van der Waals surface area contributed by atoms with Gasteiger partial charge in [0.15, 0.2) is 0 Å². The first kappa shape index (κ1) is 36.5. The molecule has 4 nitrogen and oxygen atoms in total. The summed E-state index contributed by atoms with van der Waals surface area (Å²) in [5, 5.41) is 25.4. The number of hydrogen-bond acceptors (Lipinski definition) is 2. The third-order valence-corrected chi connectivity index (χ3v) is 11.5. The Labute approximate surface area is 343 Å². The number of para-hydroxylation sites is 2. The third-order valence-electron chi connectivity index (χ3n) is 11.5. The van der Waals surface area contributed by atoms with Gasteiger partial charge in [-0.3, -0.25) is 0 Å². The molecule has 0 aliphatic carbocycles. The number of nitrogens with zero attached hydrogens (tertiary/aromatic N) is 4. The topological polar surface area (TPSA) is 57.4 Å². The number of fused-ring (bicyclic) bond motifs is 6. The summed E-state index contributed by atoms with van der Waals surface area (Å²) in [4.78, 5) is 0. The van der Waals surface area contributed by atoms with Gasteiger partial charge >= 0.3 is 6.18 Å². The Hall–Kier alpha value is -7.87. The summed E-state index contributed by atoms with van der Waals surface area (Å²) in [5.41, 5.74) is 10.3. The number of aryl methyl sites for hydroxylation is 2. The molecule has 0 aliphatic heterocycles. The monoisotopic (exact) mass is 782 g/mol. The fraction of sp³-hybridized carbons (Fsp3) is 0.0566. The van der Waals surface area contributed by atoms with Crippen LogP contribution in [0.25, 0.3) is 88.4 Å². The minimum atomic E-state index is -4.71. The van der Waals surface area contributed by atoms with E-state index in [2.05, 4.69) is 84.3 Å². The van der Waals surface area contributed by atoms with Crippen LogP contribution in [0.2, 0.25) is 0 Å². The van der Waals surface area contributed by atoms with Crippen LogP contribution in [0.1, 0.15) is 27.8 Å². The van der Waals surface area contributed by atoms with Crippen molar-refractivity contribution in [3.8, 4) is 56.9 Å². The number of nitriles is 2. The second-order valence-electron chi connectivity index (χ2n) is 15.3. The fourth-order valence-electron chi connectivity index (χ4n) is 8.80. The molecule has 0 bridgehead atoms. The number of hydrogen-bond donors (Lipinski definition) is 0. The molecule has 0 N–H and O–H groups in total. The van der Waals surface area contributed by atoms with Gasteiger partial charge in [-0.2, -0.15) is 23.7 Å². The average Bonchev–Trinajstić information content (AvgIpc) is 3.77. The highest BCUT2D eigenvalue weighted by atomic mass is 19.4. The van der Waals surface area contributed by atoms with E-state index in [9.17, 15) is 23.7 Å². The van der Waals surface area contributed by atoms with Gasteiger partial charge in [-0.05, 0) is 90.2 Å². The first-order chi connectivity index (χ1) is 29.1. The van der Waals surface area contributed by atoms with Crippen LogP contribution in [0.5, 0.6) is 0 Å². The van der Waals surface area contributed by atoms with Gasteiger partial charge in [0, 0.05) is 27.1 Å². The predicted octanol–water partition coefficient (Wildman–Crippen LogP) is 14.3. The summed E-state index contributed by atoms with van der Waals surface area (Å²) in [5.74, 6) is 0. The Morgan fingerprint density at radius 2 is 0.983 bits per heavy atom. The maximum absolute atomic E-state index is 14.5. The van der Waals surface area contributed by atoms with E-state index in [0.717, 1.165) is 89.1 Å². The van der Waals surface area contributed by atoms with Crippen LogP contribution in [0.4, 0.5) is 13.2 Å². The smallest absolute Gasteiger partial charge is 0.308 e. The molecule has 7 heteroatoms. The van der Waals surface area contributed by atoms with Crippen LogP contribution >= 0.6 is 0 Å². The quantitative estimate of drug-likeness (QED) is 0.175. The van der Waals surface area contributed by atoms with E-state index >= 15 is 0 Å². The lowest BCUT2D eigenvalue weighted by Gasteiger charge is -2.21. The first-order valence-corrected chi connectivity index (χ1v) is 19.5. The molecule has 2 aromatic heterocycles. The summed E-state index contributed by atoms with van der Waals surface area (Å²) < 4.78 is 47.7. The zero-order valence-electron chi connectivity index (χ0n) is 32.5. The molecule has 0 aliphatic rings. The molecule has 10 rings (SSSR count). The van der Waals surface area contributed by atoms with Crippen molar-refractivity contribution < 1.29 is 13.2 Å². The lowest BCUT2D eigenvalue weighted by Crippen LogP contribution is -2.08. The van der Waals surface area contributed by atoms with Crippen LogP contribution in [0, 0.1) is 36.5 Å². The molecule has 0 amide bonds. The van der Waals surface area contributed by atoms with Crippen molar-refractivity contribution in [2.24, 2.45) is 0 Å².